The average molecular weight is 196 g/mol. The van der Waals surface area contributed by atoms with Crippen molar-refractivity contribution in [2.75, 3.05) is 18.6 Å². The van der Waals surface area contributed by atoms with Gasteiger partial charge in [0.05, 0.1) is 5.69 Å². The lowest BCUT2D eigenvalue weighted by molar-refractivity contribution is 0.586. The van der Waals surface area contributed by atoms with Gasteiger partial charge in [-0.2, -0.15) is 11.8 Å². The van der Waals surface area contributed by atoms with Gasteiger partial charge in [-0.15, -0.1) is 0 Å². The number of rotatable bonds is 5. The lowest BCUT2D eigenvalue weighted by atomic mass is 10.2. The van der Waals surface area contributed by atoms with Gasteiger partial charge in [0.1, 0.15) is 0 Å². The predicted octanol–water partition coefficient (Wildman–Crippen LogP) is 2.10. The molecule has 2 nitrogen and oxygen atoms in total. The molecule has 0 bridgehead atoms. The molecule has 1 heterocycles. The van der Waals surface area contributed by atoms with Crippen molar-refractivity contribution in [3.63, 3.8) is 0 Å². The molecule has 0 spiro atoms. The molecule has 0 aliphatic carbocycles. The lowest BCUT2D eigenvalue weighted by Gasteiger charge is -2.11. The summed E-state index contributed by atoms with van der Waals surface area (Å²) in [4.78, 5) is 4.29. The van der Waals surface area contributed by atoms with Gasteiger partial charge >= 0.3 is 0 Å². The minimum Gasteiger partial charge on any atom is -0.308 e. The largest absolute Gasteiger partial charge is 0.308 e. The van der Waals surface area contributed by atoms with E-state index in [4.69, 9.17) is 0 Å². The van der Waals surface area contributed by atoms with E-state index in [1.54, 1.807) is 0 Å². The Morgan fingerprint density at radius 2 is 2.38 bits per heavy atom. The summed E-state index contributed by atoms with van der Waals surface area (Å²) in [6.45, 7) is 3.18. The Morgan fingerprint density at radius 1 is 1.54 bits per heavy atom. The molecule has 1 aromatic heterocycles. The van der Waals surface area contributed by atoms with Crippen molar-refractivity contribution in [3.8, 4) is 0 Å². The van der Waals surface area contributed by atoms with E-state index in [1.807, 2.05) is 30.1 Å². The fourth-order valence-corrected chi connectivity index (χ4v) is 1.44. The smallest absolute Gasteiger partial charge is 0.0570 e. The minimum atomic E-state index is 0.355. The summed E-state index contributed by atoms with van der Waals surface area (Å²) in [5.74, 6) is 1.15. The van der Waals surface area contributed by atoms with Crippen molar-refractivity contribution in [2.24, 2.45) is 0 Å². The van der Waals surface area contributed by atoms with Crippen LogP contribution in [-0.2, 0) is 0 Å². The highest BCUT2D eigenvalue weighted by Crippen LogP contribution is 2.07. The summed E-state index contributed by atoms with van der Waals surface area (Å²) >= 11 is 1.86. The number of aromatic nitrogens is 1. The third-order valence-corrected chi connectivity index (χ3v) is 2.50. The molecule has 3 heteroatoms. The zero-order valence-electron chi connectivity index (χ0n) is 8.16. The van der Waals surface area contributed by atoms with Crippen LogP contribution in [0, 0.1) is 0 Å². The molecule has 1 unspecified atom stereocenters. The van der Waals surface area contributed by atoms with E-state index in [0.29, 0.717) is 6.04 Å². The van der Waals surface area contributed by atoms with Crippen molar-refractivity contribution in [3.05, 3.63) is 30.1 Å². The summed E-state index contributed by atoms with van der Waals surface area (Å²) in [5.41, 5.74) is 1.11. The summed E-state index contributed by atoms with van der Waals surface area (Å²) in [6.07, 6.45) is 3.95. The number of nitrogens with zero attached hydrogens (tertiary/aromatic N) is 1. The van der Waals surface area contributed by atoms with E-state index in [2.05, 4.69) is 29.5 Å². The van der Waals surface area contributed by atoms with Crippen LogP contribution in [0.2, 0.25) is 0 Å². The maximum Gasteiger partial charge on any atom is 0.0570 e. The number of thioether (sulfide) groups is 1. The first kappa shape index (κ1) is 10.5. The minimum absolute atomic E-state index is 0.355. The monoisotopic (exact) mass is 196 g/mol. The first-order valence-electron chi connectivity index (χ1n) is 4.48. The molecule has 1 atom stereocenters. The molecule has 0 radical (unpaired) electrons. The van der Waals surface area contributed by atoms with Crippen molar-refractivity contribution < 1.29 is 0 Å². The molecule has 72 valence electrons. The van der Waals surface area contributed by atoms with Crippen LogP contribution < -0.4 is 5.32 Å². The van der Waals surface area contributed by atoms with Crippen molar-refractivity contribution in [1.29, 1.82) is 0 Å². The molecule has 0 aliphatic heterocycles. The number of hydrogen-bond acceptors (Lipinski definition) is 3. The highest BCUT2D eigenvalue weighted by Gasteiger charge is 2.03. The Morgan fingerprint density at radius 3 is 3.00 bits per heavy atom. The Bertz CT molecular complexity index is 226. The predicted molar refractivity (Wildman–Crippen MR) is 59.0 cm³/mol. The quantitative estimate of drug-likeness (QED) is 0.730. The zero-order valence-corrected chi connectivity index (χ0v) is 8.97. The topological polar surface area (TPSA) is 24.9 Å². The molecule has 0 saturated carbocycles. The van der Waals surface area contributed by atoms with Gasteiger partial charge in [0.25, 0.3) is 0 Å². The van der Waals surface area contributed by atoms with Gasteiger partial charge in [-0.25, -0.2) is 0 Å². The summed E-state index contributed by atoms with van der Waals surface area (Å²) in [6, 6.07) is 6.37. The third kappa shape index (κ3) is 3.79. The molecule has 1 aromatic rings. The Kier molecular flexibility index (Phi) is 4.86. The lowest BCUT2D eigenvalue weighted by Crippen LogP contribution is -2.21. The molecule has 0 fully saturated rings. The summed E-state index contributed by atoms with van der Waals surface area (Å²) < 4.78 is 0. The van der Waals surface area contributed by atoms with Gasteiger partial charge in [-0.3, -0.25) is 4.98 Å². The molecular weight excluding hydrogens is 180 g/mol. The molecule has 0 aliphatic rings. The maximum absolute atomic E-state index is 4.29. The first-order chi connectivity index (χ1) is 6.34. The van der Waals surface area contributed by atoms with Crippen molar-refractivity contribution in [2.45, 2.75) is 13.0 Å². The SMILES string of the molecule is CSCCNC(C)c1ccccn1. The van der Waals surface area contributed by atoms with Crippen LogP contribution in [0.25, 0.3) is 0 Å². The Hall–Kier alpha value is -0.540. The normalized spacial score (nSPS) is 12.8. The Labute approximate surface area is 84.1 Å². The summed E-state index contributed by atoms with van der Waals surface area (Å²) in [7, 11) is 0. The van der Waals surface area contributed by atoms with E-state index >= 15 is 0 Å². The third-order valence-electron chi connectivity index (χ3n) is 1.89. The number of pyridine rings is 1. The van der Waals surface area contributed by atoms with Crippen LogP contribution in [0.15, 0.2) is 24.4 Å². The van der Waals surface area contributed by atoms with E-state index in [-0.39, 0.29) is 0 Å². The standard InChI is InChI=1S/C10H16N2S/c1-9(11-7-8-13-2)10-5-3-4-6-12-10/h3-6,9,11H,7-8H2,1-2H3. The highest BCUT2D eigenvalue weighted by molar-refractivity contribution is 7.98. The van der Waals surface area contributed by atoms with Gasteiger partial charge in [0, 0.05) is 24.5 Å². The molecule has 0 amide bonds. The second kappa shape index (κ2) is 6.00. The van der Waals surface area contributed by atoms with Crippen molar-refractivity contribution >= 4 is 11.8 Å². The average Bonchev–Trinajstić information content (AvgIpc) is 2.19. The fourth-order valence-electron chi connectivity index (χ4n) is 1.11. The fraction of sp³-hybridized carbons (Fsp3) is 0.500. The van der Waals surface area contributed by atoms with Crippen LogP contribution in [0.5, 0.6) is 0 Å². The molecule has 0 aromatic carbocycles. The molecular formula is C10H16N2S. The van der Waals surface area contributed by atoms with Gasteiger partial charge in [-0.05, 0) is 25.3 Å². The van der Waals surface area contributed by atoms with Gasteiger partial charge in [-0.1, -0.05) is 6.07 Å². The second-order valence-corrected chi connectivity index (χ2v) is 3.91. The molecule has 0 saturated heterocycles. The highest BCUT2D eigenvalue weighted by atomic mass is 32.2. The molecule has 13 heavy (non-hydrogen) atoms. The number of nitrogens with one attached hydrogen (secondary N) is 1. The second-order valence-electron chi connectivity index (χ2n) is 2.92. The van der Waals surface area contributed by atoms with Crippen molar-refractivity contribution in [1.82, 2.24) is 10.3 Å². The van der Waals surface area contributed by atoms with E-state index in [0.717, 1.165) is 18.0 Å². The van der Waals surface area contributed by atoms with Crippen LogP contribution >= 0.6 is 11.8 Å². The molecule has 1 rings (SSSR count). The van der Waals surface area contributed by atoms with Gasteiger partial charge < -0.3 is 5.32 Å². The molecule has 1 N–H and O–H groups in total. The van der Waals surface area contributed by atoms with Gasteiger partial charge in [0.15, 0.2) is 0 Å². The first-order valence-corrected chi connectivity index (χ1v) is 5.87. The Balaban J connectivity index is 2.35. The van der Waals surface area contributed by atoms with Crippen LogP contribution in [0.4, 0.5) is 0 Å². The number of hydrogen-bond donors (Lipinski definition) is 1. The zero-order chi connectivity index (χ0) is 9.52. The van der Waals surface area contributed by atoms with Crippen LogP contribution in [0.3, 0.4) is 0 Å². The van der Waals surface area contributed by atoms with Crippen LogP contribution in [-0.4, -0.2) is 23.5 Å². The van der Waals surface area contributed by atoms with Crippen LogP contribution in [0.1, 0.15) is 18.7 Å². The van der Waals surface area contributed by atoms with Gasteiger partial charge in [0.2, 0.25) is 0 Å². The van der Waals surface area contributed by atoms with E-state index in [9.17, 15) is 0 Å². The van der Waals surface area contributed by atoms with E-state index in [1.165, 1.54) is 0 Å². The summed E-state index contributed by atoms with van der Waals surface area (Å²) in [5, 5.41) is 3.42. The maximum atomic E-state index is 4.29. The van der Waals surface area contributed by atoms with E-state index < -0.39 is 0 Å².